The first-order valence-corrected chi connectivity index (χ1v) is 7.01. The van der Waals surface area contributed by atoms with Crippen LogP contribution in [0.25, 0.3) is 0 Å². The Hall–Kier alpha value is -0.710. The summed E-state index contributed by atoms with van der Waals surface area (Å²) in [4.78, 5) is -0.428. The van der Waals surface area contributed by atoms with Crippen LogP contribution in [0, 0.1) is 5.82 Å². The quantitative estimate of drug-likeness (QED) is 0.799. The Morgan fingerprint density at radius 3 is 2.42 bits per heavy atom. The maximum atomic E-state index is 12.8. The number of aliphatic hydroxyl groups is 1. The lowest BCUT2D eigenvalue weighted by molar-refractivity contribution is -0.200. The molecule has 0 heterocycles. The second-order valence-corrected chi connectivity index (χ2v) is 6.07. The number of hydrogen-bond acceptors (Lipinski definition) is 3. The van der Waals surface area contributed by atoms with E-state index >= 15 is 0 Å². The summed E-state index contributed by atoms with van der Waals surface area (Å²) in [5.74, 6) is -0.707. The average molecular weight is 366 g/mol. The Bertz CT molecular complexity index is 561. The van der Waals surface area contributed by atoms with Crippen LogP contribution in [-0.4, -0.2) is 32.3 Å². The van der Waals surface area contributed by atoms with Crippen molar-refractivity contribution >= 4 is 26.0 Å². The van der Waals surface area contributed by atoms with Gasteiger partial charge in [-0.25, -0.2) is 17.5 Å². The number of rotatable bonds is 4. The summed E-state index contributed by atoms with van der Waals surface area (Å²) in [6.07, 6.45) is -7.75. The third-order valence-corrected chi connectivity index (χ3v) is 4.43. The van der Waals surface area contributed by atoms with E-state index in [9.17, 15) is 26.0 Å². The molecule has 108 valence electrons. The summed E-state index contributed by atoms with van der Waals surface area (Å²) in [6.45, 7) is -1.23. The minimum Gasteiger partial charge on any atom is -0.382 e. The fourth-order valence-corrected chi connectivity index (χ4v) is 3.16. The lowest BCUT2D eigenvalue weighted by Gasteiger charge is -2.15. The van der Waals surface area contributed by atoms with Crippen molar-refractivity contribution in [2.75, 3.05) is 6.54 Å². The van der Waals surface area contributed by atoms with E-state index in [1.807, 2.05) is 0 Å². The van der Waals surface area contributed by atoms with Gasteiger partial charge >= 0.3 is 6.18 Å². The molecule has 1 unspecified atom stereocenters. The van der Waals surface area contributed by atoms with Crippen molar-refractivity contribution in [3.63, 3.8) is 0 Å². The van der Waals surface area contributed by atoms with Crippen LogP contribution in [-0.2, 0) is 10.0 Å². The zero-order valence-electron chi connectivity index (χ0n) is 9.08. The molecule has 1 rings (SSSR count). The molecule has 0 radical (unpaired) electrons. The van der Waals surface area contributed by atoms with Crippen LogP contribution < -0.4 is 4.72 Å². The Labute approximate surface area is 114 Å². The lowest BCUT2D eigenvalue weighted by atomic mass is 10.3. The molecule has 1 aromatic rings. The number of aliphatic hydroxyl groups excluding tert-OH is 1. The topological polar surface area (TPSA) is 66.4 Å². The number of hydrogen-bond donors (Lipinski definition) is 2. The molecule has 0 aliphatic carbocycles. The molecule has 0 spiro atoms. The zero-order valence-corrected chi connectivity index (χ0v) is 11.5. The van der Waals surface area contributed by atoms with E-state index in [0.717, 1.165) is 18.2 Å². The Morgan fingerprint density at radius 1 is 1.37 bits per heavy atom. The van der Waals surface area contributed by atoms with Gasteiger partial charge in [0.2, 0.25) is 10.0 Å². The number of benzene rings is 1. The normalized spacial score (nSPS) is 14.4. The van der Waals surface area contributed by atoms with Gasteiger partial charge in [-0.05, 0) is 34.1 Å². The molecular formula is C9H8BrF4NO3S. The minimum absolute atomic E-state index is 0.138. The third-order valence-electron chi connectivity index (χ3n) is 2.03. The fraction of sp³-hybridized carbons (Fsp3) is 0.333. The second kappa shape index (κ2) is 5.73. The Morgan fingerprint density at radius 2 is 1.95 bits per heavy atom. The molecule has 0 aliphatic heterocycles. The van der Waals surface area contributed by atoms with Gasteiger partial charge in [-0.2, -0.15) is 13.2 Å². The van der Waals surface area contributed by atoms with Gasteiger partial charge in [-0.3, -0.25) is 0 Å². The fourth-order valence-electron chi connectivity index (χ4n) is 1.08. The second-order valence-electron chi connectivity index (χ2n) is 3.48. The van der Waals surface area contributed by atoms with Crippen LogP contribution in [0.1, 0.15) is 0 Å². The van der Waals surface area contributed by atoms with Gasteiger partial charge in [0.15, 0.2) is 6.10 Å². The van der Waals surface area contributed by atoms with E-state index < -0.39 is 39.6 Å². The molecule has 10 heteroatoms. The molecule has 2 N–H and O–H groups in total. The van der Waals surface area contributed by atoms with E-state index in [1.165, 1.54) is 0 Å². The predicted octanol–water partition coefficient (Wildman–Crippen LogP) is 1.79. The number of sulfonamides is 1. The van der Waals surface area contributed by atoms with Crippen LogP contribution in [0.2, 0.25) is 0 Å². The van der Waals surface area contributed by atoms with Gasteiger partial charge in [0.1, 0.15) is 5.82 Å². The average Bonchev–Trinajstić information content (AvgIpc) is 2.24. The highest BCUT2D eigenvalue weighted by Crippen LogP contribution is 2.23. The van der Waals surface area contributed by atoms with E-state index in [1.54, 1.807) is 4.72 Å². The third kappa shape index (κ3) is 4.41. The molecule has 0 bridgehead atoms. The van der Waals surface area contributed by atoms with Crippen LogP contribution >= 0.6 is 15.9 Å². The minimum atomic E-state index is -4.93. The molecule has 0 aromatic heterocycles. The van der Waals surface area contributed by atoms with Crippen molar-refractivity contribution in [1.82, 2.24) is 4.72 Å². The van der Waals surface area contributed by atoms with Crippen molar-refractivity contribution in [3.05, 3.63) is 28.5 Å². The molecule has 1 aromatic carbocycles. The van der Waals surface area contributed by atoms with E-state index in [-0.39, 0.29) is 4.47 Å². The molecule has 19 heavy (non-hydrogen) atoms. The first kappa shape index (κ1) is 16.3. The SMILES string of the molecule is O=S(=O)(NCC(O)C(F)(F)F)c1ccc(F)cc1Br. The van der Waals surface area contributed by atoms with Gasteiger partial charge in [-0.15, -0.1) is 0 Å². The molecule has 0 saturated carbocycles. The van der Waals surface area contributed by atoms with Gasteiger partial charge in [0.25, 0.3) is 0 Å². The number of alkyl halides is 3. The molecule has 4 nitrogen and oxygen atoms in total. The maximum Gasteiger partial charge on any atom is 0.415 e. The maximum absolute atomic E-state index is 12.8. The Balaban J connectivity index is 2.88. The molecular weight excluding hydrogens is 358 g/mol. The largest absolute Gasteiger partial charge is 0.415 e. The molecule has 0 fully saturated rings. The van der Waals surface area contributed by atoms with E-state index in [4.69, 9.17) is 5.11 Å². The summed E-state index contributed by atoms with van der Waals surface area (Å²) < 4.78 is 73.6. The van der Waals surface area contributed by atoms with E-state index in [0.29, 0.717) is 0 Å². The van der Waals surface area contributed by atoms with Crippen molar-refractivity contribution in [2.45, 2.75) is 17.2 Å². The van der Waals surface area contributed by atoms with E-state index in [2.05, 4.69) is 15.9 Å². The van der Waals surface area contributed by atoms with Gasteiger partial charge in [0, 0.05) is 11.0 Å². The van der Waals surface area contributed by atoms with Gasteiger partial charge < -0.3 is 5.11 Å². The summed E-state index contributed by atoms with van der Waals surface area (Å²) in [7, 11) is -4.29. The Kier molecular flexibility index (Phi) is 4.93. The van der Waals surface area contributed by atoms with Crippen molar-refractivity contribution in [2.24, 2.45) is 0 Å². The smallest absolute Gasteiger partial charge is 0.382 e. The van der Waals surface area contributed by atoms with Crippen molar-refractivity contribution in [3.8, 4) is 0 Å². The summed E-state index contributed by atoms with van der Waals surface area (Å²) in [5, 5.41) is 8.69. The molecule has 0 aliphatic rings. The van der Waals surface area contributed by atoms with Crippen molar-refractivity contribution in [1.29, 1.82) is 0 Å². The summed E-state index contributed by atoms with van der Waals surface area (Å²) in [5.41, 5.74) is 0. The summed E-state index contributed by atoms with van der Waals surface area (Å²) in [6, 6.07) is 2.59. The first-order valence-electron chi connectivity index (χ1n) is 4.73. The molecule has 0 saturated heterocycles. The van der Waals surface area contributed by atoms with Crippen LogP contribution in [0.3, 0.4) is 0 Å². The lowest BCUT2D eigenvalue weighted by Crippen LogP contribution is -2.40. The molecule has 1 atom stereocenters. The predicted molar refractivity (Wildman–Crippen MR) is 61.4 cm³/mol. The van der Waals surface area contributed by atoms with Crippen molar-refractivity contribution < 1.29 is 31.1 Å². The number of nitrogens with one attached hydrogen (secondary N) is 1. The van der Waals surface area contributed by atoms with Crippen LogP contribution in [0.15, 0.2) is 27.6 Å². The summed E-state index contributed by atoms with van der Waals surface area (Å²) >= 11 is 2.79. The first-order chi connectivity index (χ1) is 8.54. The van der Waals surface area contributed by atoms with Crippen LogP contribution in [0.4, 0.5) is 17.6 Å². The van der Waals surface area contributed by atoms with Crippen LogP contribution in [0.5, 0.6) is 0 Å². The number of halogens is 5. The monoisotopic (exact) mass is 365 g/mol. The molecule has 0 amide bonds. The zero-order chi connectivity index (χ0) is 14.8. The highest BCUT2D eigenvalue weighted by atomic mass is 79.9. The highest BCUT2D eigenvalue weighted by molar-refractivity contribution is 9.10. The van der Waals surface area contributed by atoms with Gasteiger partial charge in [0.05, 0.1) is 4.90 Å². The highest BCUT2D eigenvalue weighted by Gasteiger charge is 2.38. The standard InChI is InChI=1S/C9H8BrF4NO3S/c10-6-3-5(11)1-2-7(6)19(17,18)15-4-8(16)9(12,13)14/h1-3,8,15-16H,4H2. The van der Waals surface area contributed by atoms with Gasteiger partial charge in [-0.1, -0.05) is 0 Å².